The summed E-state index contributed by atoms with van der Waals surface area (Å²) in [5.41, 5.74) is 3.73. The maximum absolute atomic E-state index is 13.2. The minimum atomic E-state index is -0.306. The Bertz CT molecular complexity index is 1150. The molecule has 3 saturated carbocycles. The molecule has 35 heavy (non-hydrogen) atoms. The molecule has 1 aromatic heterocycles. The van der Waals surface area contributed by atoms with Gasteiger partial charge in [0.05, 0.1) is 12.0 Å². The van der Waals surface area contributed by atoms with Crippen molar-refractivity contribution in [3.8, 4) is 0 Å². The highest BCUT2D eigenvalue weighted by atomic mass is 19.1. The lowest BCUT2D eigenvalue weighted by atomic mass is 9.45. The van der Waals surface area contributed by atoms with Crippen molar-refractivity contribution in [2.24, 2.45) is 34.5 Å². The summed E-state index contributed by atoms with van der Waals surface area (Å²) in [4.78, 5) is 17.3. The smallest absolute Gasteiger partial charge is 0.251 e. The number of hydrogen-bond acceptors (Lipinski definition) is 2. The van der Waals surface area contributed by atoms with E-state index in [1.54, 1.807) is 12.1 Å². The number of benzene rings is 1. The van der Waals surface area contributed by atoms with Gasteiger partial charge in [-0.2, -0.15) is 0 Å². The third-order valence-electron chi connectivity index (χ3n) is 10.6. The first kappa shape index (κ1) is 23.0. The van der Waals surface area contributed by atoms with Gasteiger partial charge in [0.15, 0.2) is 0 Å². The van der Waals surface area contributed by atoms with Crippen LogP contribution in [0.1, 0.15) is 81.3 Å². The Balaban J connectivity index is 1.15. The molecule has 0 bridgehead atoms. The van der Waals surface area contributed by atoms with Crippen LogP contribution in [0.2, 0.25) is 0 Å². The number of aromatic nitrogens is 2. The second kappa shape index (κ2) is 8.31. The number of fused-ring (bicyclic) bond motifs is 5. The summed E-state index contributed by atoms with van der Waals surface area (Å²) < 4.78 is 15.5. The fraction of sp³-hybridized carbons (Fsp3) is 0.600. The monoisotopic (exact) mass is 475 g/mol. The van der Waals surface area contributed by atoms with Crippen molar-refractivity contribution in [3.63, 3.8) is 0 Å². The third-order valence-corrected chi connectivity index (χ3v) is 10.6. The Morgan fingerprint density at radius 3 is 2.63 bits per heavy atom. The van der Waals surface area contributed by atoms with Gasteiger partial charge >= 0.3 is 0 Å². The van der Waals surface area contributed by atoms with Gasteiger partial charge in [0.25, 0.3) is 5.91 Å². The molecule has 0 radical (unpaired) electrons. The summed E-state index contributed by atoms with van der Waals surface area (Å²) in [6.07, 6.45) is 16.3. The molecule has 1 amide bonds. The molecule has 3 fully saturated rings. The molecular weight excluding hydrogens is 437 g/mol. The zero-order chi connectivity index (χ0) is 24.4. The van der Waals surface area contributed by atoms with Gasteiger partial charge in [0.2, 0.25) is 0 Å². The first-order chi connectivity index (χ1) is 16.8. The van der Waals surface area contributed by atoms with Gasteiger partial charge in [0, 0.05) is 28.9 Å². The molecule has 4 aliphatic rings. The number of rotatable bonds is 3. The van der Waals surface area contributed by atoms with Crippen LogP contribution in [-0.2, 0) is 0 Å². The SMILES string of the molecule is Cc1cn(C2=CCC3C4CCC5C[C@@H](NC(=O)c6ccc(F)cc6)CC[C@]5(C)C4CC[C@]23C)cn1. The van der Waals surface area contributed by atoms with E-state index in [9.17, 15) is 9.18 Å². The molecule has 4 nitrogen and oxygen atoms in total. The second-order valence-electron chi connectivity index (χ2n) is 12.3. The lowest BCUT2D eigenvalue weighted by molar-refractivity contribution is -0.100. The van der Waals surface area contributed by atoms with E-state index in [2.05, 4.69) is 47.9 Å². The van der Waals surface area contributed by atoms with E-state index >= 15 is 0 Å². The summed E-state index contributed by atoms with van der Waals surface area (Å²) in [7, 11) is 0. The van der Waals surface area contributed by atoms with Crippen molar-refractivity contribution in [3.05, 3.63) is 59.9 Å². The molecule has 0 aliphatic heterocycles. The highest BCUT2D eigenvalue weighted by molar-refractivity contribution is 5.94. The van der Waals surface area contributed by atoms with Gasteiger partial charge in [-0.1, -0.05) is 19.9 Å². The van der Waals surface area contributed by atoms with Crippen molar-refractivity contribution in [2.45, 2.75) is 78.2 Å². The zero-order valence-corrected chi connectivity index (χ0v) is 21.3. The molecule has 1 aromatic carbocycles. The predicted octanol–water partition coefficient (Wildman–Crippen LogP) is 6.62. The number of aryl methyl sites for hydroxylation is 1. The minimum absolute atomic E-state index is 0.0694. The number of carbonyl (C=O) groups is 1. The Kier molecular flexibility index (Phi) is 5.46. The molecular formula is C30H38FN3O. The summed E-state index contributed by atoms with van der Waals surface area (Å²) in [5, 5.41) is 3.27. The van der Waals surface area contributed by atoms with Crippen LogP contribution in [0.4, 0.5) is 4.39 Å². The fourth-order valence-electron chi connectivity index (χ4n) is 8.76. The third kappa shape index (κ3) is 3.68. The molecule has 1 heterocycles. The maximum Gasteiger partial charge on any atom is 0.251 e. The molecule has 6 rings (SSSR count). The molecule has 4 unspecified atom stereocenters. The second-order valence-corrected chi connectivity index (χ2v) is 12.3. The van der Waals surface area contributed by atoms with Crippen LogP contribution in [0.25, 0.3) is 5.70 Å². The average molecular weight is 476 g/mol. The number of nitrogens with zero attached hydrogens (tertiary/aromatic N) is 2. The standard InChI is InChI=1S/C30H38FN3O/c1-19-17-34(18-32-19)27-11-10-25-24-9-6-21-16-23(33-28(35)20-4-7-22(31)8-5-20)12-14-29(21,2)26(24)13-15-30(25,27)3/h4-5,7-8,11,17-18,21,23-26H,6,9-10,12-16H2,1-3H3,(H,33,35)/t21?,23-,24?,25?,26?,29-,30-/m0/s1. The van der Waals surface area contributed by atoms with Crippen molar-refractivity contribution in [1.82, 2.24) is 14.9 Å². The van der Waals surface area contributed by atoms with Crippen LogP contribution in [-0.4, -0.2) is 21.5 Å². The first-order valence-electron chi connectivity index (χ1n) is 13.6. The summed E-state index contributed by atoms with van der Waals surface area (Å²) in [6.45, 7) is 7.15. The van der Waals surface area contributed by atoms with E-state index in [-0.39, 0.29) is 23.2 Å². The zero-order valence-electron chi connectivity index (χ0n) is 21.3. The largest absolute Gasteiger partial charge is 0.349 e. The highest BCUT2D eigenvalue weighted by Gasteiger charge is 2.58. The molecule has 186 valence electrons. The minimum Gasteiger partial charge on any atom is -0.349 e. The van der Waals surface area contributed by atoms with Gasteiger partial charge < -0.3 is 9.88 Å². The van der Waals surface area contributed by atoms with Crippen LogP contribution in [0, 0.1) is 47.2 Å². The number of carbonyl (C=O) groups excluding carboxylic acids is 1. The van der Waals surface area contributed by atoms with Crippen molar-refractivity contribution >= 4 is 11.6 Å². The molecule has 7 atom stereocenters. The van der Waals surface area contributed by atoms with E-state index in [0.29, 0.717) is 16.9 Å². The van der Waals surface area contributed by atoms with E-state index in [4.69, 9.17) is 0 Å². The Morgan fingerprint density at radius 2 is 1.89 bits per heavy atom. The fourth-order valence-corrected chi connectivity index (χ4v) is 8.76. The van der Waals surface area contributed by atoms with Crippen molar-refractivity contribution in [1.29, 1.82) is 0 Å². The summed E-state index contributed by atoms with van der Waals surface area (Å²) in [6, 6.07) is 6.11. The van der Waals surface area contributed by atoms with E-state index in [1.807, 2.05) is 6.33 Å². The average Bonchev–Trinajstić information content (AvgIpc) is 3.42. The van der Waals surface area contributed by atoms with Crippen molar-refractivity contribution < 1.29 is 9.18 Å². The van der Waals surface area contributed by atoms with Crippen LogP contribution in [0.15, 0.2) is 42.9 Å². The molecule has 0 spiro atoms. The molecule has 5 heteroatoms. The Morgan fingerprint density at radius 1 is 1.09 bits per heavy atom. The Labute approximate surface area is 208 Å². The normalized spacial score (nSPS) is 38.2. The topological polar surface area (TPSA) is 46.9 Å². The molecule has 4 aliphatic carbocycles. The van der Waals surface area contributed by atoms with Gasteiger partial charge in [-0.15, -0.1) is 0 Å². The lowest BCUT2D eigenvalue weighted by Gasteiger charge is -2.61. The lowest BCUT2D eigenvalue weighted by Crippen LogP contribution is -2.55. The number of amides is 1. The quantitative estimate of drug-likeness (QED) is 0.542. The number of allylic oxidation sites excluding steroid dienone is 2. The molecule has 2 aromatic rings. The number of halogens is 1. The van der Waals surface area contributed by atoms with E-state index in [0.717, 1.165) is 36.3 Å². The van der Waals surface area contributed by atoms with E-state index < -0.39 is 0 Å². The molecule has 1 N–H and O–H groups in total. The highest BCUT2D eigenvalue weighted by Crippen LogP contribution is 2.66. The van der Waals surface area contributed by atoms with Crippen LogP contribution in [0.3, 0.4) is 0 Å². The van der Waals surface area contributed by atoms with Gasteiger partial charge in [0.1, 0.15) is 5.82 Å². The molecule has 0 saturated heterocycles. The van der Waals surface area contributed by atoms with Crippen LogP contribution < -0.4 is 5.32 Å². The number of hydrogen-bond donors (Lipinski definition) is 1. The van der Waals surface area contributed by atoms with Gasteiger partial charge in [-0.05, 0) is 112 Å². The first-order valence-corrected chi connectivity index (χ1v) is 13.6. The van der Waals surface area contributed by atoms with Gasteiger partial charge in [-0.25, -0.2) is 9.37 Å². The summed E-state index contributed by atoms with van der Waals surface area (Å²) >= 11 is 0. The predicted molar refractivity (Wildman–Crippen MR) is 136 cm³/mol. The summed E-state index contributed by atoms with van der Waals surface area (Å²) in [5.74, 6) is 2.60. The van der Waals surface area contributed by atoms with Crippen molar-refractivity contribution in [2.75, 3.05) is 0 Å². The number of nitrogens with one attached hydrogen (secondary N) is 1. The van der Waals surface area contributed by atoms with Crippen LogP contribution >= 0.6 is 0 Å². The van der Waals surface area contributed by atoms with E-state index in [1.165, 1.54) is 56.4 Å². The number of imidazole rings is 1. The Hall–Kier alpha value is -2.43. The van der Waals surface area contributed by atoms with Gasteiger partial charge in [-0.3, -0.25) is 4.79 Å². The maximum atomic E-state index is 13.2. The van der Waals surface area contributed by atoms with Crippen LogP contribution in [0.5, 0.6) is 0 Å².